The Morgan fingerprint density at radius 2 is 2.00 bits per heavy atom. The number of ether oxygens (including phenoxy) is 1. The number of methoxy groups -OCH3 is 1. The summed E-state index contributed by atoms with van der Waals surface area (Å²) in [6, 6.07) is 1.81. The smallest absolute Gasteiger partial charge is 0.416 e. The summed E-state index contributed by atoms with van der Waals surface area (Å²) >= 11 is 5.76. The first-order valence-corrected chi connectivity index (χ1v) is 4.91. The second kappa shape index (κ2) is 4.93. The molecule has 0 aliphatic rings. The molecule has 0 fully saturated rings. The maximum absolute atomic E-state index is 12.5. The largest absolute Gasteiger partial charge is 0.496 e. The van der Waals surface area contributed by atoms with Gasteiger partial charge in [0.1, 0.15) is 5.75 Å². The van der Waals surface area contributed by atoms with Gasteiger partial charge in [-0.2, -0.15) is 13.2 Å². The van der Waals surface area contributed by atoms with Gasteiger partial charge in [0.15, 0.2) is 0 Å². The Kier molecular flexibility index (Phi) is 4.04. The van der Waals surface area contributed by atoms with Crippen molar-refractivity contribution in [2.75, 3.05) is 13.7 Å². The molecule has 0 aliphatic heterocycles. The maximum Gasteiger partial charge on any atom is 0.416 e. The number of nitrogens with two attached hydrogens (primary N) is 1. The lowest BCUT2D eigenvalue weighted by Crippen LogP contribution is -2.09. The summed E-state index contributed by atoms with van der Waals surface area (Å²) in [7, 11) is 1.30. The molecule has 90 valence electrons. The van der Waals surface area contributed by atoms with Crippen molar-refractivity contribution < 1.29 is 17.9 Å². The van der Waals surface area contributed by atoms with Crippen molar-refractivity contribution in [3.8, 4) is 5.75 Å². The van der Waals surface area contributed by atoms with Crippen LogP contribution in [0.4, 0.5) is 13.2 Å². The molecule has 1 rings (SSSR count). The van der Waals surface area contributed by atoms with Crippen LogP contribution >= 0.6 is 11.6 Å². The van der Waals surface area contributed by atoms with E-state index in [0.29, 0.717) is 18.5 Å². The molecule has 0 atom stereocenters. The Morgan fingerprint density at radius 3 is 2.44 bits per heavy atom. The van der Waals surface area contributed by atoms with Crippen LogP contribution in [0, 0.1) is 0 Å². The van der Waals surface area contributed by atoms with Crippen molar-refractivity contribution in [1.82, 2.24) is 0 Å². The maximum atomic E-state index is 12.5. The fourth-order valence-corrected chi connectivity index (χ4v) is 1.65. The second-order valence-electron chi connectivity index (χ2n) is 3.18. The van der Waals surface area contributed by atoms with E-state index in [1.807, 2.05) is 0 Å². The molecule has 0 saturated heterocycles. The minimum absolute atomic E-state index is 0.0251. The van der Waals surface area contributed by atoms with Crippen LogP contribution in [0.15, 0.2) is 12.1 Å². The Bertz CT molecular complexity index is 379. The van der Waals surface area contributed by atoms with E-state index in [1.54, 1.807) is 0 Å². The lowest BCUT2D eigenvalue weighted by molar-refractivity contribution is -0.137. The van der Waals surface area contributed by atoms with Crippen LogP contribution in [0.1, 0.15) is 11.1 Å². The zero-order valence-corrected chi connectivity index (χ0v) is 9.32. The van der Waals surface area contributed by atoms with Crippen molar-refractivity contribution in [3.05, 3.63) is 28.3 Å². The van der Waals surface area contributed by atoms with Crippen LogP contribution in [0.3, 0.4) is 0 Å². The van der Waals surface area contributed by atoms with E-state index < -0.39 is 11.7 Å². The predicted octanol–water partition coefficient (Wildman–Crippen LogP) is 2.87. The first kappa shape index (κ1) is 13.1. The standard InChI is InChI=1S/C10H11ClF3NO/c1-16-9-5-6(10(12,13)14)4-8(11)7(9)2-3-15/h4-5H,2-3,15H2,1H3. The monoisotopic (exact) mass is 253 g/mol. The summed E-state index contributed by atoms with van der Waals surface area (Å²) in [5.74, 6) is 0.116. The van der Waals surface area contributed by atoms with Gasteiger partial charge in [0.05, 0.1) is 12.7 Å². The zero-order valence-electron chi connectivity index (χ0n) is 8.57. The molecule has 0 unspecified atom stereocenters. The normalized spacial score (nSPS) is 11.6. The van der Waals surface area contributed by atoms with E-state index in [2.05, 4.69) is 0 Å². The lowest BCUT2D eigenvalue weighted by atomic mass is 10.1. The SMILES string of the molecule is COc1cc(C(F)(F)F)cc(Cl)c1CCN. The molecular formula is C10H11ClF3NO. The van der Waals surface area contributed by atoms with Crippen molar-refractivity contribution in [3.63, 3.8) is 0 Å². The molecule has 0 radical (unpaired) electrons. The van der Waals surface area contributed by atoms with Gasteiger partial charge >= 0.3 is 6.18 Å². The van der Waals surface area contributed by atoms with Crippen LogP contribution in [0.2, 0.25) is 5.02 Å². The summed E-state index contributed by atoms with van der Waals surface area (Å²) in [6.07, 6.45) is -4.06. The number of alkyl halides is 3. The Balaban J connectivity index is 3.26. The minimum atomic E-state index is -4.43. The molecule has 1 aromatic rings. The molecule has 6 heteroatoms. The third-order valence-corrected chi connectivity index (χ3v) is 2.43. The Labute approximate surface area is 96.1 Å². The van der Waals surface area contributed by atoms with Crippen LogP contribution in [-0.2, 0) is 12.6 Å². The van der Waals surface area contributed by atoms with Gasteiger partial charge in [0.2, 0.25) is 0 Å². The number of hydrogen-bond donors (Lipinski definition) is 1. The molecule has 0 amide bonds. The zero-order chi connectivity index (χ0) is 12.3. The van der Waals surface area contributed by atoms with Crippen LogP contribution < -0.4 is 10.5 Å². The predicted molar refractivity (Wildman–Crippen MR) is 55.8 cm³/mol. The summed E-state index contributed by atoms with van der Waals surface area (Å²) < 4.78 is 42.3. The fourth-order valence-electron chi connectivity index (χ4n) is 1.34. The molecule has 1 aromatic carbocycles. The molecule has 0 spiro atoms. The van der Waals surface area contributed by atoms with Gasteiger partial charge in [0, 0.05) is 10.6 Å². The summed E-state index contributed by atoms with van der Waals surface area (Å²) in [5.41, 5.74) is 5.02. The van der Waals surface area contributed by atoms with Gasteiger partial charge in [-0.1, -0.05) is 11.6 Å². The van der Waals surface area contributed by atoms with Crippen molar-refractivity contribution in [1.29, 1.82) is 0 Å². The summed E-state index contributed by atoms with van der Waals surface area (Å²) in [4.78, 5) is 0. The molecule has 16 heavy (non-hydrogen) atoms. The molecule has 0 saturated carbocycles. The average Bonchev–Trinajstić information content (AvgIpc) is 2.19. The van der Waals surface area contributed by atoms with Crippen LogP contribution in [0.5, 0.6) is 5.75 Å². The molecular weight excluding hydrogens is 243 g/mol. The highest BCUT2D eigenvalue weighted by Gasteiger charge is 2.32. The van der Waals surface area contributed by atoms with Gasteiger partial charge in [-0.05, 0) is 25.1 Å². The van der Waals surface area contributed by atoms with Gasteiger partial charge in [-0.15, -0.1) is 0 Å². The Hall–Kier alpha value is -0.940. The molecule has 2 nitrogen and oxygen atoms in total. The number of rotatable bonds is 3. The van der Waals surface area contributed by atoms with Crippen molar-refractivity contribution >= 4 is 11.6 Å². The van der Waals surface area contributed by atoms with Gasteiger partial charge < -0.3 is 10.5 Å². The van der Waals surface area contributed by atoms with E-state index >= 15 is 0 Å². The highest BCUT2D eigenvalue weighted by Crippen LogP contribution is 2.36. The Morgan fingerprint density at radius 1 is 1.38 bits per heavy atom. The van der Waals surface area contributed by atoms with Gasteiger partial charge in [0.25, 0.3) is 0 Å². The molecule has 0 bridgehead atoms. The van der Waals surface area contributed by atoms with E-state index in [-0.39, 0.29) is 10.8 Å². The average molecular weight is 254 g/mol. The summed E-state index contributed by atoms with van der Waals surface area (Å²) in [5, 5.41) is 0.0251. The van der Waals surface area contributed by atoms with Crippen molar-refractivity contribution in [2.24, 2.45) is 5.73 Å². The molecule has 2 N–H and O–H groups in total. The first-order valence-electron chi connectivity index (χ1n) is 4.53. The quantitative estimate of drug-likeness (QED) is 0.899. The topological polar surface area (TPSA) is 35.2 Å². The molecule has 0 heterocycles. The van der Waals surface area contributed by atoms with Crippen molar-refractivity contribution in [2.45, 2.75) is 12.6 Å². The highest BCUT2D eigenvalue weighted by molar-refractivity contribution is 6.31. The third-order valence-electron chi connectivity index (χ3n) is 2.10. The van der Waals surface area contributed by atoms with E-state index in [0.717, 1.165) is 12.1 Å². The molecule has 0 aliphatic carbocycles. The second-order valence-corrected chi connectivity index (χ2v) is 3.58. The van der Waals surface area contributed by atoms with Crippen LogP contribution in [0.25, 0.3) is 0 Å². The first-order chi connectivity index (χ1) is 7.40. The minimum Gasteiger partial charge on any atom is -0.496 e. The number of halogens is 4. The number of hydrogen-bond acceptors (Lipinski definition) is 2. The highest BCUT2D eigenvalue weighted by atomic mass is 35.5. The van der Waals surface area contributed by atoms with Gasteiger partial charge in [-0.25, -0.2) is 0 Å². The van der Waals surface area contributed by atoms with E-state index in [4.69, 9.17) is 22.1 Å². The fraction of sp³-hybridized carbons (Fsp3) is 0.400. The third kappa shape index (κ3) is 2.80. The van der Waals surface area contributed by atoms with Gasteiger partial charge in [-0.3, -0.25) is 0 Å². The molecule has 0 aromatic heterocycles. The lowest BCUT2D eigenvalue weighted by Gasteiger charge is -2.14. The number of benzene rings is 1. The van der Waals surface area contributed by atoms with Crippen LogP contribution in [-0.4, -0.2) is 13.7 Å². The van der Waals surface area contributed by atoms with E-state index in [1.165, 1.54) is 7.11 Å². The summed E-state index contributed by atoms with van der Waals surface area (Å²) in [6.45, 7) is 0.293. The van der Waals surface area contributed by atoms with E-state index in [9.17, 15) is 13.2 Å².